The second kappa shape index (κ2) is 3.35. The van der Waals surface area contributed by atoms with Crippen LogP contribution in [0.25, 0.3) is 5.52 Å². The normalized spacial score (nSPS) is 19.2. The summed E-state index contributed by atoms with van der Waals surface area (Å²) in [5.74, 6) is 0. The number of hydrogen-bond acceptors (Lipinski definition) is 2. The van der Waals surface area contributed by atoms with Gasteiger partial charge in [0.05, 0.1) is 27.7 Å². The van der Waals surface area contributed by atoms with Crippen LogP contribution in [0.2, 0.25) is 0 Å². The molecule has 15 heavy (non-hydrogen) atoms. The predicted octanol–water partition coefficient (Wildman–Crippen LogP) is 2.90. The first kappa shape index (κ1) is 5.13. The Hall–Kier alpha value is -1.34. The first-order valence-corrected chi connectivity index (χ1v) is 4.88. The van der Waals surface area contributed by atoms with Crippen molar-refractivity contribution in [2.24, 2.45) is 0 Å². The summed E-state index contributed by atoms with van der Waals surface area (Å²) in [6, 6.07) is 4.37. The lowest BCUT2D eigenvalue weighted by Crippen LogP contribution is -2.14. The Morgan fingerprint density at radius 2 is 2.40 bits per heavy atom. The minimum Gasteiger partial charge on any atom is -0.239 e. The lowest BCUT2D eigenvalue weighted by atomic mass is 9.88. The standard InChI is InChI=1S/C11H10BrN3/c1-11(2,7-13)8-3-4-10-9(12)5-14-15(10)6-8/h3-6H,1-2H3/i1D3,2D3. The molecule has 0 aromatic carbocycles. The zero-order chi connectivity index (χ0) is 16.1. The average molecular weight is 270 g/mol. The van der Waals surface area contributed by atoms with E-state index in [4.69, 9.17) is 8.22 Å². The molecule has 0 amide bonds. The van der Waals surface area contributed by atoms with Gasteiger partial charge >= 0.3 is 0 Å². The second-order valence-corrected chi connectivity index (χ2v) is 3.96. The van der Waals surface area contributed by atoms with Gasteiger partial charge in [-0.3, -0.25) is 0 Å². The molecule has 2 rings (SSSR count). The molecule has 0 N–H and O–H groups in total. The summed E-state index contributed by atoms with van der Waals surface area (Å²) < 4.78 is 47.3. The van der Waals surface area contributed by atoms with Gasteiger partial charge in [-0.2, -0.15) is 10.4 Å². The number of rotatable bonds is 1. The summed E-state index contributed by atoms with van der Waals surface area (Å²) in [4.78, 5) is 0. The first-order chi connectivity index (χ1) is 9.54. The van der Waals surface area contributed by atoms with Gasteiger partial charge in [-0.1, -0.05) is 6.07 Å². The van der Waals surface area contributed by atoms with Crippen LogP contribution in [0, 0.1) is 11.3 Å². The molecule has 0 spiro atoms. The lowest BCUT2D eigenvalue weighted by Gasteiger charge is -2.15. The highest BCUT2D eigenvalue weighted by molar-refractivity contribution is 9.10. The fraction of sp³-hybridized carbons (Fsp3) is 0.273. The second-order valence-electron chi connectivity index (χ2n) is 3.10. The minimum absolute atomic E-state index is 0.117. The largest absolute Gasteiger partial charge is 0.239 e. The van der Waals surface area contributed by atoms with Crippen molar-refractivity contribution in [2.45, 2.75) is 19.1 Å². The van der Waals surface area contributed by atoms with E-state index in [1.165, 1.54) is 35.1 Å². The van der Waals surface area contributed by atoms with E-state index < -0.39 is 19.1 Å². The van der Waals surface area contributed by atoms with Crippen LogP contribution in [-0.2, 0) is 5.41 Å². The van der Waals surface area contributed by atoms with Crippen LogP contribution < -0.4 is 0 Å². The van der Waals surface area contributed by atoms with E-state index in [0.717, 1.165) is 0 Å². The monoisotopic (exact) mass is 269 g/mol. The highest BCUT2D eigenvalue weighted by Gasteiger charge is 2.20. The average Bonchev–Trinajstić information content (AvgIpc) is 2.69. The molecule has 76 valence electrons. The maximum atomic E-state index is 9.37. The van der Waals surface area contributed by atoms with Crippen molar-refractivity contribution < 1.29 is 8.22 Å². The molecule has 0 aliphatic heterocycles. The molecule has 0 aliphatic carbocycles. The Kier molecular flexibility index (Phi) is 1.15. The third-order valence-electron chi connectivity index (χ3n) is 2.07. The van der Waals surface area contributed by atoms with E-state index in [0.29, 0.717) is 9.99 Å². The third kappa shape index (κ3) is 1.64. The number of fused-ring (bicyclic) bond motifs is 1. The van der Waals surface area contributed by atoms with E-state index in [1.807, 2.05) is 0 Å². The molecule has 0 unspecified atom stereocenters. The van der Waals surface area contributed by atoms with Crippen molar-refractivity contribution in [1.29, 1.82) is 5.26 Å². The van der Waals surface area contributed by atoms with Crippen LogP contribution in [0.15, 0.2) is 29.0 Å². The van der Waals surface area contributed by atoms with Gasteiger partial charge in [-0.25, -0.2) is 4.52 Å². The molecule has 0 atom stereocenters. The lowest BCUT2D eigenvalue weighted by molar-refractivity contribution is 0.677. The number of halogens is 1. The molecule has 0 saturated carbocycles. The minimum atomic E-state index is -3.01. The van der Waals surface area contributed by atoms with Crippen molar-refractivity contribution in [3.63, 3.8) is 0 Å². The molecule has 0 fully saturated rings. The maximum absolute atomic E-state index is 9.37. The molecule has 3 nitrogen and oxygen atoms in total. The highest BCUT2D eigenvalue weighted by Crippen LogP contribution is 2.24. The number of pyridine rings is 1. The SMILES string of the molecule is [2H]C([2H])([2H])C(C#N)(c1ccc2c(Br)cnn2c1)C([2H])([2H])[2H]. The summed E-state index contributed by atoms with van der Waals surface area (Å²) in [5.41, 5.74) is -2.08. The zero-order valence-corrected chi connectivity index (χ0v) is 9.12. The van der Waals surface area contributed by atoms with Crippen molar-refractivity contribution in [3.8, 4) is 6.07 Å². The molecule has 0 saturated heterocycles. The molecule has 2 aromatic rings. The molecule has 2 heterocycles. The molecule has 0 aliphatic rings. The van der Waals surface area contributed by atoms with Crippen LogP contribution in [0.3, 0.4) is 0 Å². The van der Waals surface area contributed by atoms with Crippen molar-refractivity contribution >= 4 is 21.4 Å². The Morgan fingerprint density at radius 3 is 3.07 bits per heavy atom. The van der Waals surface area contributed by atoms with Gasteiger partial charge in [-0.05, 0) is 41.3 Å². The van der Waals surface area contributed by atoms with Gasteiger partial charge < -0.3 is 0 Å². The molecule has 2 aromatic heterocycles. The number of nitriles is 1. The maximum Gasteiger partial charge on any atom is 0.0804 e. The van der Waals surface area contributed by atoms with Crippen LogP contribution in [0.5, 0.6) is 0 Å². The van der Waals surface area contributed by atoms with Gasteiger partial charge in [0, 0.05) is 14.4 Å². The van der Waals surface area contributed by atoms with E-state index >= 15 is 0 Å². The Morgan fingerprint density at radius 1 is 1.60 bits per heavy atom. The third-order valence-corrected chi connectivity index (χ3v) is 2.68. The summed E-state index contributed by atoms with van der Waals surface area (Å²) >= 11 is 3.27. The summed E-state index contributed by atoms with van der Waals surface area (Å²) in [7, 11) is 0. The number of hydrogen-bond donors (Lipinski definition) is 0. The first-order valence-electron chi connectivity index (χ1n) is 7.09. The zero-order valence-electron chi connectivity index (χ0n) is 13.5. The summed E-state index contributed by atoms with van der Waals surface area (Å²) in [5, 5.41) is 13.4. The van der Waals surface area contributed by atoms with Crippen LogP contribution in [-0.4, -0.2) is 9.61 Å². The Bertz CT molecular complexity index is 710. The fourth-order valence-electron chi connectivity index (χ4n) is 1.24. The molecule has 0 bridgehead atoms. The highest BCUT2D eigenvalue weighted by atomic mass is 79.9. The van der Waals surface area contributed by atoms with E-state index in [-0.39, 0.29) is 5.56 Å². The van der Waals surface area contributed by atoms with E-state index in [2.05, 4.69) is 21.0 Å². The van der Waals surface area contributed by atoms with E-state index in [9.17, 15) is 5.26 Å². The fourth-order valence-corrected chi connectivity index (χ4v) is 1.64. The van der Waals surface area contributed by atoms with Crippen LogP contribution >= 0.6 is 15.9 Å². The Balaban J connectivity index is 2.79. The van der Waals surface area contributed by atoms with Gasteiger partial charge in [0.25, 0.3) is 0 Å². The van der Waals surface area contributed by atoms with Crippen molar-refractivity contribution in [1.82, 2.24) is 9.61 Å². The summed E-state index contributed by atoms with van der Waals surface area (Å²) in [6.07, 6.45) is 2.76. The van der Waals surface area contributed by atoms with Crippen molar-refractivity contribution in [3.05, 3.63) is 34.6 Å². The van der Waals surface area contributed by atoms with Gasteiger partial charge in [0.1, 0.15) is 0 Å². The molecular weight excluding hydrogens is 254 g/mol. The predicted molar refractivity (Wildman–Crippen MR) is 61.5 cm³/mol. The molecule has 4 heteroatoms. The summed E-state index contributed by atoms with van der Waals surface area (Å²) in [6.45, 7) is -6.02. The van der Waals surface area contributed by atoms with Crippen LogP contribution in [0.1, 0.15) is 27.5 Å². The number of aromatic nitrogens is 2. The van der Waals surface area contributed by atoms with Crippen LogP contribution in [0.4, 0.5) is 0 Å². The Labute approximate surface area is 105 Å². The molecular formula is C11H10BrN3. The van der Waals surface area contributed by atoms with Crippen molar-refractivity contribution in [2.75, 3.05) is 0 Å². The smallest absolute Gasteiger partial charge is 0.0804 e. The quantitative estimate of drug-likeness (QED) is 0.799. The van der Waals surface area contributed by atoms with Gasteiger partial charge in [0.2, 0.25) is 0 Å². The number of nitrogens with zero attached hydrogens (tertiary/aromatic N) is 3. The molecule has 0 radical (unpaired) electrons. The topological polar surface area (TPSA) is 41.1 Å². The van der Waals surface area contributed by atoms with E-state index in [1.54, 1.807) is 0 Å². The van der Waals surface area contributed by atoms with Gasteiger partial charge in [0.15, 0.2) is 0 Å². The van der Waals surface area contributed by atoms with Gasteiger partial charge in [-0.15, -0.1) is 0 Å².